The second-order valence-electron chi connectivity index (χ2n) is 10.0. The molecule has 43 heavy (non-hydrogen) atoms. The van der Waals surface area contributed by atoms with Crippen LogP contribution in [0.1, 0.15) is 28.2 Å². The summed E-state index contributed by atoms with van der Waals surface area (Å²) in [5.41, 5.74) is 1.09. The molecule has 1 aliphatic heterocycles. The van der Waals surface area contributed by atoms with Gasteiger partial charge in [-0.3, -0.25) is 19.9 Å². The highest BCUT2D eigenvalue weighted by molar-refractivity contribution is 7.21. The van der Waals surface area contributed by atoms with Crippen LogP contribution in [-0.4, -0.2) is 57.7 Å². The Labute approximate surface area is 248 Å². The number of carbonyl (C=O) groups is 2. The highest BCUT2D eigenvalue weighted by Gasteiger charge is 2.31. The Bertz CT molecular complexity index is 1890. The fourth-order valence-corrected chi connectivity index (χ4v) is 6.31. The average Bonchev–Trinajstić information content (AvgIpc) is 3.72. The van der Waals surface area contributed by atoms with E-state index in [1.54, 1.807) is 32.2 Å². The van der Waals surface area contributed by atoms with Crippen molar-refractivity contribution in [2.45, 2.75) is 25.8 Å². The predicted molar refractivity (Wildman–Crippen MR) is 157 cm³/mol. The topological polar surface area (TPSA) is 126 Å². The normalized spacial score (nSPS) is 14.9. The van der Waals surface area contributed by atoms with Gasteiger partial charge in [0, 0.05) is 49.1 Å². The van der Waals surface area contributed by atoms with E-state index in [0.29, 0.717) is 39.7 Å². The van der Waals surface area contributed by atoms with Crippen molar-refractivity contribution >= 4 is 50.1 Å². The van der Waals surface area contributed by atoms with Gasteiger partial charge in [-0.25, -0.2) is 13.8 Å². The Morgan fingerprint density at radius 2 is 1.93 bits per heavy atom. The quantitative estimate of drug-likeness (QED) is 0.148. The third-order valence-corrected chi connectivity index (χ3v) is 8.43. The molecule has 0 bridgehead atoms. The number of hydrogen-bond donors (Lipinski definition) is 0. The average molecular weight is 605 g/mol. The molecule has 13 heteroatoms. The van der Waals surface area contributed by atoms with Gasteiger partial charge in [0.05, 0.1) is 38.2 Å². The summed E-state index contributed by atoms with van der Waals surface area (Å²) in [6.07, 6.45) is 2.53. The predicted octanol–water partition coefficient (Wildman–Crippen LogP) is 6.70. The lowest BCUT2D eigenvalue weighted by atomic mass is 10.2. The molecule has 220 valence electrons. The minimum atomic E-state index is -0.799. The fourth-order valence-electron chi connectivity index (χ4n) is 5.29. The Hall–Kier alpha value is -4.88. The third-order valence-electron chi connectivity index (χ3n) is 7.31. The summed E-state index contributed by atoms with van der Waals surface area (Å²) in [5.74, 6) is -0.400. The lowest BCUT2D eigenvalue weighted by Crippen LogP contribution is -2.37. The van der Waals surface area contributed by atoms with Crippen LogP contribution in [0.4, 0.5) is 14.9 Å². The van der Waals surface area contributed by atoms with Gasteiger partial charge in [0.2, 0.25) is 0 Å². The summed E-state index contributed by atoms with van der Waals surface area (Å²) in [6, 6.07) is 12.9. The molecular weight excluding hydrogens is 579 g/mol. The van der Waals surface area contributed by atoms with E-state index < -0.39 is 16.8 Å². The van der Waals surface area contributed by atoms with E-state index in [1.165, 1.54) is 58.5 Å². The summed E-state index contributed by atoms with van der Waals surface area (Å²) in [6.45, 7) is 2.76. The highest BCUT2D eigenvalue weighted by Crippen LogP contribution is 2.38. The maximum absolute atomic E-state index is 15.8. The summed E-state index contributed by atoms with van der Waals surface area (Å²) in [4.78, 5) is 43.3. The van der Waals surface area contributed by atoms with E-state index in [4.69, 9.17) is 14.2 Å². The van der Waals surface area contributed by atoms with Gasteiger partial charge < -0.3 is 19.1 Å². The van der Waals surface area contributed by atoms with E-state index in [2.05, 4.69) is 4.98 Å². The van der Waals surface area contributed by atoms with Gasteiger partial charge in [-0.1, -0.05) is 0 Å². The molecule has 5 aromatic rings. The first-order valence-corrected chi connectivity index (χ1v) is 14.2. The molecule has 1 amide bonds. The van der Waals surface area contributed by atoms with Crippen molar-refractivity contribution in [2.24, 2.45) is 0 Å². The number of fused-ring (bicyclic) bond motifs is 2. The van der Waals surface area contributed by atoms with Crippen LogP contribution in [0.5, 0.6) is 17.2 Å². The van der Waals surface area contributed by atoms with Crippen LogP contribution >= 0.6 is 11.3 Å². The minimum absolute atomic E-state index is 0.0226. The number of likely N-dealkylation sites (tertiary alicyclic amines) is 1. The zero-order valence-electron chi connectivity index (χ0n) is 23.1. The number of halogens is 1. The molecule has 1 aliphatic rings. The van der Waals surface area contributed by atoms with Gasteiger partial charge in [0.25, 0.3) is 11.6 Å². The molecule has 1 saturated heterocycles. The lowest BCUT2D eigenvalue weighted by molar-refractivity contribution is -0.384. The van der Waals surface area contributed by atoms with Crippen molar-refractivity contribution in [2.75, 3.05) is 20.3 Å². The number of methoxy groups -OCH3 is 1. The van der Waals surface area contributed by atoms with Crippen LogP contribution in [0, 0.1) is 22.9 Å². The largest absolute Gasteiger partial charge is 0.453 e. The number of aryl methyl sites for hydroxylation is 1. The number of carbonyl (C=O) groups excluding carboxylic acids is 2. The maximum atomic E-state index is 15.8. The van der Waals surface area contributed by atoms with Crippen LogP contribution in [-0.2, 0) is 4.74 Å². The first-order chi connectivity index (χ1) is 20.7. The SMILES string of the molecule is COC[C@@H]1CCCN1C(=O)c1cc2nccc(Oc3ccc4c(cc(C)n4C(=O)Oc4ccc([N+](=O)[O-])cc4)c3F)c2s1. The van der Waals surface area contributed by atoms with Crippen LogP contribution < -0.4 is 9.47 Å². The van der Waals surface area contributed by atoms with Crippen molar-refractivity contribution in [1.29, 1.82) is 0 Å². The molecule has 11 nitrogen and oxygen atoms in total. The zero-order valence-corrected chi connectivity index (χ0v) is 23.9. The standard InChI is InChI=1S/C30H25FN4O7S/c1-17-14-21-23(34(17)30(37)41-20-7-5-18(6-8-20)35(38)39)9-10-24(27(21)31)42-25-11-12-32-22-15-26(43-28(22)25)29(36)33-13-3-4-19(33)16-40-2/h5-12,14-15,19H,3-4,13,16H2,1-2H3/t19-/m0/s1. The second kappa shape index (κ2) is 11.4. The highest BCUT2D eigenvalue weighted by atomic mass is 32.1. The van der Waals surface area contributed by atoms with Crippen molar-refractivity contribution in [1.82, 2.24) is 14.5 Å². The number of hydrogen-bond acceptors (Lipinski definition) is 9. The van der Waals surface area contributed by atoms with Gasteiger partial charge in [-0.05, 0) is 56.2 Å². The minimum Gasteiger partial charge on any atom is -0.453 e. The summed E-state index contributed by atoms with van der Waals surface area (Å²) < 4.78 is 34.3. The summed E-state index contributed by atoms with van der Waals surface area (Å²) in [5, 5.41) is 11.0. The monoisotopic (exact) mass is 604 g/mol. The lowest BCUT2D eigenvalue weighted by Gasteiger charge is -2.23. The van der Waals surface area contributed by atoms with Gasteiger partial charge in [0.15, 0.2) is 11.6 Å². The fraction of sp³-hybridized carbons (Fsp3) is 0.233. The van der Waals surface area contributed by atoms with Gasteiger partial charge in [0.1, 0.15) is 11.5 Å². The molecule has 0 spiro atoms. The molecule has 0 N–H and O–H groups in total. The molecule has 4 heterocycles. The zero-order chi connectivity index (χ0) is 30.2. The number of thiophene rings is 1. The number of non-ortho nitro benzene ring substituents is 1. The van der Waals surface area contributed by atoms with E-state index >= 15 is 4.39 Å². The molecular formula is C30H25FN4O7S. The molecule has 2 aromatic carbocycles. The molecule has 3 aromatic heterocycles. The molecule has 0 saturated carbocycles. The number of amides is 1. The van der Waals surface area contributed by atoms with Crippen molar-refractivity contribution in [3.63, 3.8) is 0 Å². The first kappa shape index (κ1) is 28.2. The molecule has 0 unspecified atom stereocenters. The molecule has 0 radical (unpaired) electrons. The molecule has 1 fully saturated rings. The smallest absolute Gasteiger partial charge is 0.424 e. The van der Waals surface area contributed by atoms with Crippen LogP contribution in [0.25, 0.3) is 21.1 Å². The Kier molecular flexibility index (Phi) is 7.50. The number of nitro groups is 1. The van der Waals surface area contributed by atoms with Gasteiger partial charge in [-0.2, -0.15) is 0 Å². The number of ether oxygens (including phenoxy) is 3. The first-order valence-electron chi connectivity index (χ1n) is 13.4. The van der Waals surface area contributed by atoms with E-state index in [0.717, 1.165) is 12.8 Å². The van der Waals surface area contributed by atoms with Crippen LogP contribution in [0.2, 0.25) is 0 Å². The number of aromatic nitrogens is 2. The number of benzene rings is 2. The molecule has 1 atom stereocenters. The van der Waals surface area contributed by atoms with Crippen LogP contribution in [0.3, 0.4) is 0 Å². The second-order valence-corrected chi connectivity index (χ2v) is 11.1. The Balaban J connectivity index is 1.26. The Morgan fingerprint density at radius 1 is 1.14 bits per heavy atom. The van der Waals surface area contributed by atoms with E-state index in [-0.39, 0.29) is 40.0 Å². The molecule has 0 aliphatic carbocycles. The summed E-state index contributed by atoms with van der Waals surface area (Å²) >= 11 is 1.24. The van der Waals surface area contributed by atoms with Gasteiger partial charge in [-0.15, -0.1) is 11.3 Å². The van der Waals surface area contributed by atoms with Crippen molar-refractivity contribution in [3.05, 3.63) is 87.3 Å². The maximum Gasteiger partial charge on any atom is 0.424 e. The third kappa shape index (κ3) is 5.28. The Morgan fingerprint density at radius 3 is 2.67 bits per heavy atom. The molecule has 6 rings (SSSR count). The van der Waals surface area contributed by atoms with Crippen molar-refractivity contribution in [3.8, 4) is 17.2 Å². The van der Waals surface area contributed by atoms with Gasteiger partial charge >= 0.3 is 6.09 Å². The number of pyridine rings is 1. The van der Waals surface area contributed by atoms with E-state index in [9.17, 15) is 19.7 Å². The number of rotatable bonds is 7. The van der Waals surface area contributed by atoms with Crippen LogP contribution in [0.15, 0.2) is 60.8 Å². The number of nitrogens with zero attached hydrogens (tertiary/aromatic N) is 4. The van der Waals surface area contributed by atoms with E-state index in [1.807, 2.05) is 4.90 Å². The number of nitro benzene ring substituents is 1. The summed E-state index contributed by atoms with van der Waals surface area (Å²) in [7, 11) is 1.62. The van der Waals surface area contributed by atoms with Crippen molar-refractivity contribution < 1.29 is 33.1 Å².